The average Bonchev–Trinajstić information content (AvgIpc) is 3.37. The molecule has 0 unspecified atom stereocenters. The van der Waals surface area contributed by atoms with Gasteiger partial charge in [-0.2, -0.15) is 0 Å². The Kier molecular flexibility index (Phi) is 4.55. The van der Waals surface area contributed by atoms with Gasteiger partial charge in [-0.15, -0.1) is 0 Å². The highest BCUT2D eigenvalue weighted by Crippen LogP contribution is 2.30. The molecule has 2 aromatic rings. The molecule has 0 aliphatic heterocycles. The van der Waals surface area contributed by atoms with Crippen LogP contribution in [0, 0.1) is 12.8 Å². The molecular formula is C18H19NO5. The van der Waals surface area contributed by atoms with Crippen LogP contribution in [0.25, 0.3) is 0 Å². The number of benzene rings is 1. The third-order valence-electron chi connectivity index (χ3n) is 3.79. The maximum absolute atomic E-state index is 11.7. The van der Waals surface area contributed by atoms with E-state index in [-0.39, 0.29) is 24.2 Å². The minimum atomic E-state index is -0.505. The van der Waals surface area contributed by atoms with Crippen LogP contribution in [-0.2, 0) is 16.1 Å². The smallest absolute Gasteiger partial charge is 0.374 e. The van der Waals surface area contributed by atoms with Crippen molar-refractivity contribution in [2.75, 3.05) is 12.4 Å². The lowest BCUT2D eigenvalue weighted by Gasteiger charge is -2.07. The van der Waals surface area contributed by atoms with Crippen molar-refractivity contribution in [2.24, 2.45) is 5.92 Å². The molecule has 1 saturated carbocycles. The van der Waals surface area contributed by atoms with Crippen molar-refractivity contribution in [3.8, 4) is 5.75 Å². The molecule has 6 heteroatoms. The van der Waals surface area contributed by atoms with Gasteiger partial charge in [-0.1, -0.05) is 0 Å². The predicted molar refractivity (Wildman–Crippen MR) is 86.9 cm³/mol. The lowest BCUT2D eigenvalue weighted by atomic mass is 10.2. The Morgan fingerprint density at radius 3 is 2.58 bits per heavy atom. The normalized spacial score (nSPS) is 13.4. The number of ether oxygens (including phenoxy) is 2. The second-order valence-electron chi connectivity index (χ2n) is 5.79. The molecule has 24 heavy (non-hydrogen) atoms. The molecule has 1 amide bonds. The molecule has 1 aliphatic carbocycles. The summed E-state index contributed by atoms with van der Waals surface area (Å²) in [6.45, 7) is 1.97. The number of anilines is 1. The fourth-order valence-electron chi connectivity index (χ4n) is 2.29. The second kappa shape index (κ2) is 6.78. The summed E-state index contributed by atoms with van der Waals surface area (Å²) < 4.78 is 15.7. The number of carbonyl (C=O) groups is 2. The minimum Gasteiger partial charge on any atom is -0.486 e. The number of amides is 1. The van der Waals surface area contributed by atoms with Gasteiger partial charge >= 0.3 is 5.97 Å². The lowest BCUT2D eigenvalue weighted by Crippen LogP contribution is -2.13. The van der Waals surface area contributed by atoms with E-state index in [9.17, 15) is 9.59 Å². The summed E-state index contributed by atoms with van der Waals surface area (Å²) in [7, 11) is 1.31. The van der Waals surface area contributed by atoms with Crippen LogP contribution in [-0.4, -0.2) is 19.0 Å². The minimum absolute atomic E-state index is 0.0741. The van der Waals surface area contributed by atoms with Crippen LogP contribution in [0.5, 0.6) is 5.75 Å². The first kappa shape index (κ1) is 16.1. The fourth-order valence-corrected chi connectivity index (χ4v) is 2.29. The van der Waals surface area contributed by atoms with Crippen LogP contribution in [0.3, 0.4) is 0 Å². The Morgan fingerprint density at radius 2 is 1.96 bits per heavy atom. The molecule has 1 fully saturated rings. The largest absolute Gasteiger partial charge is 0.486 e. The van der Waals surface area contributed by atoms with Crippen LogP contribution < -0.4 is 10.1 Å². The van der Waals surface area contributed by atoms with E-state index in [2.05, 4.69) is 10.1 Å². The topological polar surface area (TPSA) is 77.8 Å². The summed E-state index contributed by atoms with van der Waals surface area (Å²) >= 11 is 0. The Balaban J connectivity index is 1.56. The van der Waals surface area contributed by atoms with Gasteiger partial charge < -0.3 is 19.2 Å². The monoisotopic (exact) mass is 329 g/mol. The van der Waals surface area contributed by atoms with Crippen molar-refractivity contribution >= 4 is 17.6 Å². The Bertz CT molecular complexity index is 743. The first-order valence-corrected chi connectivity index (χ1v) is 7.78. The predicted octanol–water partition coefficient (Wildman–Crippen LogP) is 3.30. The molecule has 0 radical (unpaired) electrons. The van der Waals surface area contributed by atoms with Gasteiger partial charge in [-0.05, 0) is 50.1 Å². The highest BCUT2D eigenvalue weighted by Gasteiger charge is 2.29. The van der Waals surface area contributed by atoms with Crippen LogP contribution >= 0.6 is 0 Å². The first-order chi connectivity index (χ1) is 11.6. The van der Waals surface area contributed by atoms with Crippen molar-refractivity contribution in [3.05, 3.63) is 47.4 Å². The Hall–Kier alpha value is -2.76. The van der Waals surface area contributed by atoms with Gasteiger partial charge in [0.2, 0.25) is 11.7 Å². The molecule has 126 valence electrons. The molecule has 0 bridgehead atoms. The highest BCUT2D eigenvalue weighted by molar-refractivity contribution is 5.94. The first-order valence-electron chi connectivity index (χ1n) is 7.78. The molecule has 0 spiro atoms. The molecule has 1 aromatic carbocycles. The molecule has 1 N–H and O–H groups in total. The number of hydrogen-bond donors (Lipinski definition) is 1. The standard InChI is InChI=1S/C18H19NO5/c1-11-9-15(24-16(11)18(21)22-2)10-23-14-7-5-13(6-8-14)19-17(20)12-3-4-12/h5-9,12H,3-4,10H2,1-2H3,(H,19,20). The van der Waals surface area contributed by atoms with Gasteiger partial charge in [0.25, 0.3) is 0 Å². The number of hydrogen-bond acceptors (Lipinski definition) is 5. The number of aryl methyl sites for hydroxylation is 1. The van der Waals surface area contributed by atoms with Gasteiger partial charge in [0.05, 0.1) is 7.11 Å². The molecule has 0 atom stereocenters. The van der Waals surface area contributed by atoms with Crippen molar-refractivity contribution in [3.63, 3.8) is 0 Å². The third kappa shape index (κ3) is 3.76. The molecule has 6 nitrogen and oxygen atoms in total. The van der Waals surface area contributed by atoms with E-state index in [1.807, 2.05) is 0 Å². The summed E-state index contributed by atoms with van der Waals surface area (Å²) in [6, 6.07) is 8.89. The van der Waals surface area contributed by atoms with Crippen LogP contribution in [0.2, 0.25) is 0 Å². The molecular weight excluding hydrogens is 310 g/mol. The molecule has 0 saturated heterocycles. The number of furan rings is 1. The number of carbonyl (C=O) groups excluding carboxylic acids is 2. The van der Waals surface area contributed by atoms with Gasteiger partial charge in [-0.3, -0.25) is 4.79 Å². The Morgan fingerprint density at radius 1 is 1.25 bits per heavy atom. The van der Waals surface area contributed by atoms with Crippen molar-refractivity contribution < 1.29 is 23.5 Å². The van der Waals surface area contributed by atoms with E-state index >= 15 is 0 Å². The number of nitrogens with one attached hydrogen (secondary N) is 1. The molecule has 1 aliphatic rings. The summed E-state index contributed by atoms with van der Waals surface area (Å²) in [5.41, 5.74) is 1.46. The SMILES string of the molecule is COC(=O)c1oc(COc2ccc(NC(=O)C3CC3)cc2)cc1C. The molecule has 1 heterocycles. The van der Waals surface area contributed by atoms with E-state index in [0.717, 1.165) is 18.5 Å². The molecule has 1 aromatic heterocycles. The van der Waals surface area contributed by atoms with E-state index in [1.54, 1.807) is 37.3 Å². The van der Waals surface area contributed by atoms with Crippen molar-refractivity contribution in [1.82, 2.24) is 0 Å². The van der Waals surface area contributed by atoms with Crippen molar-refractivity contribution in [2.45, 2.75) is 26.4 Å². The van der Waals surface area contributed by atoms with Crippen LogP contribution in [0.1, 0.15) is 34.7 Å². The maximum Gasteiger partial charge on any atom is 0.374 e. The van der Waals surface area contributed by atoms with E-state index < -0.39 is 5.97 Å². The second-order valence-corrected chi connectivity index (χ2v) is 5.79. The average molecular weight is 329 g/mol. The zero-order chi connectivity index (χ0) is 17.1. The maximum atomic E-state index is 11.7. The van der Waals surface area contributed by atoms with Crippen molar-refractivity contribution in [1.29, 1.82) is 0 Å². The quantitative estimate of drug-likeness (QED) is 0.823. The van der Waals surface area contributed by atoms with Gasteiger partial charge in [0, 0.05) is 17.2 Å². The number of esters is 1. The van der Waals surface area contributed by atoms with Crippen LogP contribution in [0.15, 0.2) is 34.7 Å². The summed E-state index contributed by atoms with van der Waals surface area (Å²) in [5, 5.41) is 2.87. The zero-order valence-electron chi connectivity index (χ0n) is 13.6. The van der Waals surface area contributed by atoms with Crippen LogP contribution in [0.4, 0.5) is 5.69 Å². The summed E-state index contributed by atoms with van der Waals surface area (Å²) in [5.74, 6) is 1.12. The number of methoxy groups -OCH3 is 1. The molecule has 3 rings (SSSR count). The van der Waals surface area contributed by atoms with E-state index in [0.29, 0.717) is 17.1 Å². The summed E-state index contributed by atoms with van der Waals surface area (Å²) in [6.07, 6.45) is 1.95. The lowest BCUT2D eigenvalue weighted by molar-refractivity contribution is -0.117. The van der Waals surface area contributed by atoms with Gasteiger partial charge in [0.15, 0.2) is 0 Å². The third-order valence-corrected chi connectivity index (χ3v) is 3.79. The van der Waals surface area contributed by atoms with Gasteiger partial charge in [-0.25, -0.2) is 4.79 Å². The highest BCUT2D eigenvalue weighted by atomic mass is 16.5. The van der Waals surface area contributed by atoms with E-state index in [4.69, 9.17) is 9.15 Å². The summed E-state index contributed by atoms with van der Waals surface area (Å²) in [4.78, 5) is 23.2. The van der Waals surface area contributed by atoms with E-state index in [1.165, 1.54) is 7.11 Å². The zero-order valence-corrected chi connectivity index (χ0v) is 13.6. The number of rotatable bonds is 6. The van der Waals surface area contributed by atoms with Gasteiger partial charge in [0.1, 0.15) is 18.1 Å². The Labute approximate surface area is 139 Å². The fraction of sp³-hybridized carbons (Fsp3) is 0.333.